The van der Waals surface area contributed by atoms with Crippen LogP contribution in [-0.2, 0) is 19.6 Å². The van der Waals surface area contributed by atoms with Gasteiger partial charge in [0.15, 0.2) is 0 Å². The summed E-state index contributed by atoms with van der Waals surface area (Å²) in [4.78, 5) is 24.1. The SMILES string of the molecule is Cc1ccc(S(=O)(=O)N(C)CC(=O)NNC(=O)CSc2nnc(-c3ccccc3)o2)cc1. The summed E-state index contributed by atoms with van der Waals surface area (Å²) in [7, 11) is -2.54. The number of aryl methyl sites for hydroxylation is 1. The van der Waals surface area contributed by atoms with E-state index in [1.165, 1.54) is 19.2 Å². The number of benzene rings is 2. The van der Waals surface area contributed by atoms with Crippen LogP contribution in [0.2, 0.25) is 0 Å². The molecule has 0 saturated carbocycles. The van der Waals surface area contributed by atoms with Crippen molar-refractivity contribution in [2.45, 2.75) is 17.0 Å². The van der Waals surface area contributed by atoms with Gasteiger partial charge in [0.05, 0.1) is 17.2 Å². The van der Waals surface area contributed by atoms with Gasteiger partial charge in [-0.05, 0) is 31.2 Å². The maximum Gasteiger partial charge on any atom is 0.277 e. The van der Waals surface area contributed by atoms with Gasteiger partial charge in [-0.2, -0.15) is 4.31 Å². The van der Waals surface area contributed by atoms with Crippen LogP contribution < -0.4 is 10.9 Å². The summed E-state index contributed by atoms with van der Waals surface area (Å²) in [5.41, 5.74) is 6.09. The Kier molecular flexibility index (Phi) is 7.62. The van der Waals surface area contributed by atoms with Crippen LogP contribution in [0.4, 0.5) is 0 Å². The molecule has 0 bridgehead atoms. The predicted octanol–water partition coefficient (Wildman–Crippen LogP) is 1.61. The second-order valence-corrected chi connectivity index (χ2v) is 9.67. The Labute approximate surface area is 189 Å². The van der Waals surface area contributed by atoms with Gasteiger partial charge in [0.2, 0.25) is 21.8 Å². The summed E-state index contributed by atoms with van der Waals surface area (Å²) < 4.78 is 31.4. The minimum absolute atomic E-state index is 0.0771. The van der Waals surface area contributed by atoms with Gasteiger partial charge in [-0.15, -0.1) is 10.2 Å². The molecule has 12 heteroatoms. The third-order valence-electron chi connectivity index (χ3n) is 4.19. The molecule has 0 aliphatic carbocycles. The summed E-state index contributed by atoms with van der Waals surface area (Å²) in [6, 6.07) is 15.5. The molecular formula is C20H21N5O5S2. The van der Waals surface area contributed by atoms with Gasteiger partial charge < -0.3 is 4.42 Å². The first-order valence-electron chi connectivity index (χ1n) is 9.38. The summed E-state index contributed by atoms with van der Waals surface area (Å²) in [6.45, 7) is 1.38. The molecule has 0 spiro atoms. The molecule has 10 nitrogen and oxygen atoms in total. The molecule has 1 aromatic heterocycles. The van der Waals surface area contributed by atoms with Crippen LogP contribution in [0.15, 0.2) is 69.1 Å². The molecule has 0 radical (unpaired) electrons. The van der Waals surface area contributed by atoms with Gasteiger partial charge in [0.1, 0.15) is 0 Å². The average Bonchev–Trinajstić information content (AvgIpc) is 3.26. The van der Waals surface area contributed by atoms with Crippen molar-refractivity contribution in [1.82, 2.24) is 25.4 Å². The number of amides is 2. The van der Waals surface area contributed by atoms with Crippen LogP contribution in [-0.4, -0.2) is 54.1 Å². The molecule has 3 rings (SSSR count). The standard InChI is InChI=1S/C20H21N5O5S2/c1-14-8-10-16(11-9-14)32(28,29)25(2)12-17(26)21-22-18(27)13-31-20-24-23-19(30-20)15-6-4-3-5-7-15/h3-11H,12-13H2,1-2H3,(H,21,26)(H,22,27). The lowest BCUT2D eigenvalue weighted by atomic mass is 10.2. The number of carbonyl (C=O) groups is 2. The highest BCUT2D eigenvalue weighted by Crippen LogP contribution is 2.22. The van der Waals surface area contributed by atoms with Crippen molar-refractivity contribution in [3.8, 4) is 11.5 Å². The van der Waals surface area contributed by atoms with Crippen molar-refractivity contribution in [1.29, 1.82) is 0 Å². The summed E-state index contributed by atoms with van der Waals surface area (Å²) in [5.74, 6) is -0.967. The van der Waals surface area contributed by atoms with E-state index >= 15 is 0 Å². The molecule has 1 heterocycles. The van der Waals surface area contributed by atoms with Crippen LogP contribution in [0, 0.1) is 6.92 Å². The average molecular weight is 476 g/mol. The zero-order chi connectivity index (χ0) is 23.1. The maximum atomic E-state index is 12.5. The Morgan fingerprint density at radius 1 is 1.00 bits per heavy atom. The van der Waals surface area contributed by atoms with Crippen molar-refractivity contribution in [3.05, 3.63) is 60.2 Å². The number of hydrazine groups is 1. The highest BCUT2D eigenvalue weighted by molar-refractivity contribution is 7.99. The lowest BCUT2D eigenvalue weighted by Crippen LogP contribution is -2.47. The molecule has 2 amide bonds. The number of rotatable bonds is 8. The van der Waals surface area contributed by atoms with Crippen molar-refractivity contribution in [2.24, 2.45) is 0 Å². The number of hydrogen-bond donors (Lipinski definition) is 2. The van der Waals surface area contributed by atoms with Crippen LogP contribution in [0.25, 0.3) is 11.5 Å². The van der Waals surface area contributed by atoms with Crippen molar-refractivity contribution in [3.63, 3.8) is 0 Å². The first kappa shape index (κ1) is 23.4. The number of sulfonamides is 1. The van der Waals surface area contributed by atoms with E-state index in [9.17, 15) is 18.0 Å². The fourth-order valence-corrected chi connectivity index (χ4v) is 4.18. The molecule has 2 N–H and O–H groups in total. The summed E-state index contributed by atoms with van der Waals surface area (Å²) >= 11 is 1.00. The van der Waals surface area contributed by atoms with Crippen molar-refractivity contribution in [2.75, 3.05) is 19.3 Å². The Morgan fingerprint density at radius 3 is 2.34 bits per heavy atom. The molecule has 0 fully saturated rings. The molecule has 0 saturated heterocycles. The first-order valence-corrected chi connectivity index (χ1v) is 11.8. The van der Waals surface area contributed by atoms with Crippen LogP contribution in [0.1, 0.15) is 5.56 Å². The van der Waals surface area contributed by atoms with Crippen molar-refractivity contribution >= 4 is 33.6 Å². The monoisotopic (exact) mass is 475 g/mol. The second kappa shape index (κ2) is 10.4. The number of carbonyl (C=O) groups excluding carboxylic acids is 2. The lowest BCUT2D eigenvalue weighted by Gasteiger charge is -2.17. The summed E-state index contributed by atoms with van der Waals surface area (Å²) in [5, 5.41) is 7.99. The number of aromatic nitrogens is 2. The minimum atomic E-state index is -3.83. The molecule has 2 aromatic carbocycles. The van der Waals surface area contributed by atoms with Crippen LogP contribution in [0.3, 0.4) is 0 Å². The lowest BCUT2D eigenvalue weighted by molar-refractivity contribution is -0.127. The number of thioether (sulfide) groups is 1. The molecule has 0 unspecified atom stereocenters. The van der Waals surface area contributed by atoms with E-state index in [4.69, 9.17) is 4.42 Å². The van der Waals surface area contributed by atoms with Gasteiger partial charge in [0.25, 0.3) is 11.1 Å². The van der Waals surface area contributed by atoms with Crippen LogP contribution >= 0.6 is 11.8 Å². The zero-order valence-electron chi connectivity index (χ0n) is 17.3. The summed E-state index contributed by atoms with van der Waals surface area (Å²) in [6.07, 6.45) is 0. The van der Waals surface area contributed by atoms with Gasteiger partial charge in [-0.1, -0.05) is 47.7 Å². The van der Waals surface area contributed by atoms with E-state index in [-0.39, 0.29) is 15.9 Å². The van der Waals surface area contributed by atoms with Gasteiger partial charge in [-0.3, -0.25) is 20.4 Å². The Bertz CT molecular complexity index is 1180. The largest absolute Gasteiger partial charge is 0.411 e. The highest BCUT2D eigenvalue weighted by Gasteiger charge is 2.23. The molecular weight excluding hydrogens is 454 g/mol. The predicted molar refractivity (Wildman–Crippen MR) is 118 cm³/mol. The minimum Gasteiger partial charge on any atom is -0.411 e. The fraction of sp³-hybridized carbons (Fsp3) is 0.200. The zero-order valence-corrected chi connectivity index (χ0v) is 18.9. The van der Waals surface area contributed by atoms with Crippen LogP contribution in [0.5, 0.6) is 0 Å². The van der Waals surface area contributed by atoms with E-state index < -0.39 is 28.4 Å². The third kappa shape index (κ3) is 6.15. The molecule has 168 valence electrons. The first-order chi connectivity index (χ1) is 15.3. The topological polar surface area (TPSA) is 134 Å². The fourth-order valence-electron chi connectivity index (χ4n) is 2.49. The van der Waals surface area contributed by atoms with E-state index in [0.29, 0.717) is 5.89 Å². The Morgan fingerprint density at radius 2 is 1.66 bits per heavy atom. The molecule has 3 aromatic rings. The van der Waals surface area contributed by atoms with E-state index in [2.05, 4.69) is 21.0 Å². The number of nitrogens with one attached hydrogen (secondary N) is 2. The Balaban J connectivity index is 1.44. The van der Waals surface area contributed by atoms with Crippen molar-refractivity contribution < 1.29 is 22.4 Å². The smallest absolute Gasteiger partial charge is 0.277 e. The number of likely N-dealkylation sites (N-methyl/N-ethyl adjacent to an activating group) is 1. The molecule has 0 aliphatic rings. The Hall–Kier alpha value is -3.22. The van der Waals surface area contributed by atoms with E-state index in [1.54, 1.807) is 12.1 Å². The molecule has 0 atom stereocenters. The normalized spacial score (nSPS) is 11.3. The highest BCUT2D eigenvalue weighted by atomic mass is 32.2. The maximum absolute atomic E-state index is 12.5. The van der Waals surface area contributed by atoms with Gasteiger partial charge in [0, 0.05) is 12.6 Å². The van der Waals surface area contributed by atoms with Gasteiger partial charge >= 0.3 is 0 Å². The van der Waals surface area contributed by atoms with E-state index in [1.807, 2.05) is 37.3 Å². The number of hydrogen-bond acceptors (Lipinski definition) is 8. The number of nitrogens with zero attached hydrogens (tertiary/aromatic N) is 3. The molecule has 0 aliphatic heterocycles. The second-order valence-electron chi connectivity index (χ2n) is 6.70. The molecule has 32 heavy (non-hydrogen) atoms. The third-order valence-corrected chi connectivity index (χ3v) is 6.83. The van der Waals surface area contributed by atoms with Gasteiger partial charge in [-0.25, -0.2) is 8.42 Å². The quantitative estimate of drug-likeness (QED) is 0.371. The van der Waals surface area contributed by atoms with E-state index in [0.717, 1.165) is 27.2 Å².